The van der Waals surface area contributed by atoms with Gasteiger partial charge >= 0.3 is 5.69 Å². The average Bonchev–Trinajstić information content (AvgIpc) is 2.75. The van der Waals surface area contributed by atoms with Crippen LogP contribution in [0.4, 0.5) is 0 Å². The Morgan fingerprint density at radius 3 is 2.84 bits per heavy atom. The molecule has 0 saturated carbocycles. The van der Waals surface area contributed by atoms with Gasteiger partial charge in [0.25, 0.3) is 0 Å². The number of H-pyrrole nitrogens is 1. The van der Waals surface area contributed by atoms with Crippen molar-refractivity contribution >= 4 is 11.0 Å². The lowest BCUT2D eigenvalue weighted by atomic mass is 10.2. The molecule has 0 amide bonds. The van der Waals surface area contributed by atoms with Crippen LogP contribution in [0.15, 0.2) is 41.3 Å². The van der Waals surface area contributed by atoms with Crippen LogP contribution in [0.25, 0.3) is 16.7 Å². The number of nitrogens with zero attached hydrogens (tertiary/aromatic N) is 3. The lowest BCUT2D eigenvalue weighted by Gasteiger charge is -2.04. The highest BCUT2D eigenvalue weighted by Crippen LogP contribution is 2.18. The minimum atomic E-state index is -0.275. The first-order valence-electron chi connectivity index (χ1n) is 5.77. The summed E-state index contributed by atoms with van der Waals surface area (Å²) in [5.41, 5.74) is 2.92. The smallest absolute Gasteiger partial charge is 0.305 e. The second kappa shape index (κ2) is 4.10. The number of aromatic nitrogens is 3. The van der Waals surface area contributed by atoms with Crippen molar-refractivity contribution in [2.45, 2.75) is 6.92 Å². The molecule has 0 aliphatic carbocycles. The van der Waals surface area contributed by atoms with Crippen LogP contribution in [-0.2, 0) is 0 Å². The molecule has 3 rings (SSSR count). The molecule has 1 aromatic carbocycles. The Morgan fingerprint density at radius 1 is 1.32 bits per heavy atom. The van der Waals surface area contributed by atoms with Gasteiger partial charge in [0.05, 0.1) is 28.5 Å². The van der Waals surface area contributed by atoms with Crippen molar-refractivity contribution in [3.05, 3.63) is 58.3 Å². The number of nitriles is 1. The first kappa shape index (κ1) is 11.2. The molecule has 0 aliphatic rings. The van der Waals surface area contributed by atoms with Crippen LogP contribution in [0.2, 0.25) is 0 Å². The van der Waals surface area contributed by atoms with E-state index in [-0.39, 0.29) is 5.69 Å². The number of rotatable bonds is 1. The van der Waals surface area contributed by atoms with Gasteiger partial charge in [-0.3, -0.25) is 9.55 Å². The molecule has 5 nitrogen and oxygen atoms in total. The maximum atomic E-state index is 12.1. The number of nitrogens with one attached hydrogen (secondary N) is 1. The summed E-state index contributed by atoms with van der Waals surface area (Å²) < 4.78 is 1.47. The Kier molecular flexibility index (Phi) is 2.43. The Labute approximate surface area is 108 Å². The van der Waals surface area contributed by atoms with Gasteiger partial charge in [-0.1, -0.05) is 6.07 Å². The minimum absolute atomic E-state index is 0.275. The number of benzene rings is 1. The van der Waals surface area contributed by atoms with Crippen molar-refractivity contribution < 1.29 is 0 Å². The van der Waals surface area contributed by atoms with Gasteiger partial charge in [0, 0.05) is 5.69 Å². The molecule has 0 fully saturated rings. The first-order chi connectivity index (χ1) is 9.20. The number of aryl methyl sites for hydroxylation is 1. The molecule has 1 N–H and O–H groups in total. The van der Waals surface area contributed by atoms with E-state index in [2.05, 4.69) is 16.0 Å². The summed E-state index contributed by atoms with van der Waals surface area (Å²) in [6.45, 7) is 1.88. The third-order valence-electron chi connectivity index (χ3n) is 2.98. The summed E-state index contributed by atoms with van der Waals surface area (Å²) in [6, 6.07) is 11.0. The lowest BCUT2D eigenvalue weighted by molar-refractivity contribution is 0.995. The maximum Gasteiger partial charge on any atom is 0.331 e. The third kappa shape index (κ3) is 1.70. The summed E-state index contributed by atoms with van der Waals surface area (Å²) in [4.78, 5) is 19.0. The highest BCUT2D eigenvalue weighted by atomic mass is 16.1. The minimum Gasteiger partial charge on any atom is -0.305 e. The fourth-order valence-corrected chi connectivity index (χ4v) is 2.09. The van der Waals surface area contributed by atoms with E-state index in [1.54, 1.807) is 24.4 Å². The Balaban J connectivity index is 2.41. The van der Waals surface area contributed by atoms with Gasteiger partial charge in [-0.05, 0) is 31.2 Å². The molecule has 2 heterocycles. The van der Waals surface area contributed by atoms with Gasteiger partial charge in [0.1, 0.15) is 6.07 Å². The van der Waals surface area contributed by atoms with Gasteiger partial charge in [-0.15, -0.1) is 0 Å². The molecular formula is C14H10N4O. The number of hydrogen-bond acceptors (Lipinski definition) is 3. The number of pyridine rings is 1. The van der Waals surface area contributed by atoms with Crippen molar-refractivity contribution in [1.82, 2.24) is 14.5 Å². The summed E-state index contributed by atoms with van der Waals surface area (Å²) >= 11 is 0. The molecule has 0 spiro atoms. The molecule has 92 valence electrons. The van der Waals surface area contributed by atoms with E-state index in [1.165, 1.54) is 4.57 Å². The highest BCUT2D eigenvalue weighted by Gasteiger charge is 2.12. The molecule has 0 atom stereocenters. The topological polar surface area (TPSA) is 74.5 Å². The zero-order chi connectivity index (χ0) is 13.4. The quantitative estimate of drug-likeness (QED) is 0.716. The number of fused-ring (bicyclic) bond motifs is 1. The van der Waals surface area contributed by atoms with Crippen molar-refractivity contribution in [2.24, 2.45) is 0 Å². The van der Waals surface area contributed by atoms with Crippen LogP contribution in [0.1, 0.15) is 11.3 Å². The van der Waals surface area contributed by atoms with Crippen molar-refractivity contribution in [3.8, 4) is 11.8 Å². The fraction of sp³-hybridized carbons (Fsp3) is 0.0714. The van der Waals surface area contributed by atoms with Crippen LogP contribution in [0.5, 0.6) is 0 Å². The average molecular weight is 250 g/mol. The fourth-order valence-electron chi connectivity index (χ4n) is 2.09. The van der Waals surface area contributed by atoms with E-state index in [0.717, 1.165) is 5.69 Å². The van der Waals surface area contributed by atoms with Crippen molar-refractivity contribution in [3.63, 3.8) is 0 Å². The molecule has 0 radical (unpaired) electrons. The van der Waals surface area contributed by atoms with Gasteiger partial charge in [0.15, 0.2) is 0 Å². The number of aromatic amines is 1. The van der Waals surface area contributed by atoms with Gasteiger partial charge in [0.2, 0.25) is 0 Å². The van der Waals surface area contributed by atoms with E-state index >= 15 is 0 Å². The monoisotopic (exact) mass is 250 g/mol. The van der Waals surface area contributed by atoms with E-state index < -0.39 is 0 Å². The van der Waals surface area contributed by atoms with E-state index in [1.807, 2.05) is 19.1 Å². The van der Waals surface area contributed by atoms with Gasteiger partial charge in [-0.25, -0.2) is 4.79 Å². The molecular weight excluding hydrogens is 240 g/mol. The molecule has 0 unspecified atom stereocenters. The summed E-state index contributed by atoms with van der Waals surface area (Å²) in [5, 5.41) is 9.17. The summed E-state index contributed by atoms with van der Waals surface area (Å²) in [5.74, 6) is 0. The molecule has 0 bridgehead atoms. The standard InChI is InChI=1S/C14H10N4O/c1-9-5-6-11(8-16-9)18-13-10(7-15)3-2-4-12(13)17-14(18)19/h2-6,8H,1H3,(H,17,19). The zero-order valence-electron chi connectivity index (χ0n) is 10.2. The second-order valence-electron chi connectivity index (χ2n) is 4.24. The first-order valence-corrected chi connectivity index (χ1v) is 5.77. The van der Waals surface area contributed by atoms with Crippen LogP contribution in [0, 0.1) is 18.3 Å². The molecule has 3 aromatic rings. The van der Waals surface area contributed by atoms with E-state index in [9.17, 15) is 4.79 Å². The van der Waals surface area contributed by atoms with Crippen molar-refractivity contribution in [2.75, 3.05) is 0 Å². The van der Waals surface area contributed by atoms with E-state index in [4.69, 9.17) is 5.26 Å². The Bertz CT molecular complexity index is 850. The van der Waals surface area contributed by atoms with Crippen LogP contribution >= 0.6 is 0 Å². The highest BCUT2D eigenvalue weighted by molar-refractivity contribution is 5.83. The summed E-state index contributed by atoms with van der Waals surface area (Å²) in [6.07, 6.45) is 1.62. The number of imidazole rings is 1. The lowest BCUT2D eigenvalue weighted by Crippen LogP contribution is -2.15. The number of hydrogen-bond donors (Lipinski definition) is 1. The Hall–Kier alpha value is -2.87. The van der Waals surface area contributed by atoms with Gasteiger partial charge < -0.3 is 4.98 Å². The molecule has 5 heteroatoms. The number of para-hydroxylation sites is 1. The predicted molar refractivity (Wildman–Crippen MR) is 71.1 cm³/mol. The SMILES string of the molecule is Cc1ccc(-n2c(=O)[nH]c3cccc(C#N)c32)cn1. The molecule has 0 aliphatic heterocycles. The molecule has 0 saturated heterocycles. The predicted octanol–water partition coefficient (Wildman–Crippen LogP) is 1.89. The molecule has 2 aromatic heterocycles. The third-order valence-corrected chi connectivity index (χ3v) is 2.98. The van der Waals surface area contributed by atoms with Crippen LogP contribution < -0.4 is 5.69 Å². The Morgan fingerprint density at radius 2 is 2.16 bits per heavy atom. The van der Waals surface area contributed by atoms with Crippen LogP contribution in [-0.4, -0.2) is 14.5 Å². The van der Waals surface area contributed by atoms with Gasteiger partial charge in [-0.2, -0.15) is 5.26 Å². The zero-order valence-corrected chi connectivity index (χ0v) is 10.2. The second-order valence-corrected chi connectivity index (χ2v) is 4.24. The largest absolute Gasteiger partial charge is 0.331 e. The molecule has 19 heavy (non-hydrogen) atoms. The maximum absolute atomic E-state index is 12.1. The van der Waals surface area contributed by atoms with Crippen LogP contribution in [0.3, 0.4) is 0 Å². The van der Waals surface area contributed by atoms with Crippen molar-refractivity contribution in [1.29, 1.82) is 5.26 Å². The summed E-state index contributed by atoms with van der Waals surface area (Å²) in [7, 11) is 0. The van der Waals surface area contributed by atoms with E-state index in [0.29, 0.717) is 22.3 Å². The normalized spacial score (nSPS) is 10.5.